The van der Waals surface area contributed by atoms with Gasteiger partial charge in [-0.3, -0.25) is 4.98 Å². The van der Waals surface area contributed by atoms with Crippen molar-refractivity contribution in [3.63, 3.8) is 0 Å². The van der Waals surface area contributed by atoms with E-state index >= 15 is 0 Å². The molecule has 1 fully saturated rings. The Morgan fingerprint density at radius 3 is 1.36 bits per heavy atom. The Hall–Kier alpha value is -4.95. The summed E-state index contributed by atoms with van der Waals surface area (Å²) in [6.45, 7) is 2.28. The van der Waals surface area contributed by atoms with Crippen molar-refractivity contribution in [1.29, 1.82) is 0 Å². The molecule has 6 aromatic rings. The largest absolute Gasteiger partial charge is 0.376 e. The van der Waals surface area contributed by atoms with Crippen LogP contribution in [0.2, 0.25) is 0 Å². The van der Waals surface area contributed by atoms with Gasteiger partial charge in [0, 0.05) is 23.7 Å². The predicted molar refractivity (Wildman–Crippen MR) is 224 cm³/mol. The molecule has 1 aliphatic carbocycles. The summed E-state index contributed by atoms with van der Waals surface area (Å²) < 4.78 is 0. The normalized spacial score (nSPS) is 15.4. The molecule has 1 aromatic heterocycles. The quantitative estimate of drug-likeness (QED) is 0.144. The Bertz CT molecular complexity index is 1850. The second-order valence-electron chi connectivity index (χ2n) is 15.2. The lowest BCUT2D eigenvalue weighted by atomic mass is 9.76. The number of nitrogens with one attached hydrogen (secondary N) is 1. The van der Waals surface area contributed by atoms with E-state index in [1.165, 1.54) is 115 Å². The van der Waals surface area contributed by atoms with E-state index in [4.69, 9.17) is 4.98 Å². The molecule has 0 radical (unpaired) electrons. The third-order valence-corrected chi connectivity index (χ3v) is 11.4. The van der Waals surface area contributed by atoms with Crippen molar-refractivity contribution < 1.29 is 0 Å². The topological polar surface area (TPSA) is 24.9 Å². The van der Waals surface area contributed by atoms with Gasteiger partial charge in [-0.2, -0.15) is 0 Å². The van der Waals surface area contributed by atoms with Crippen molar-refractivity contribution in [2.75, 3.05) is 5.32 Å². The third kappa shape index (κ3) is 9.35. The van der Waals surface area contributed by atoms with Gasteiger partial charge in [0.15, 0.2) is 0 Å². The molecule has 7 rings (SSSR count). The lowest BCUT2D eigenvalue weighted by Crippen LogP contribution is -2.18. The first-order valence-corrected chi connectivity index (χ1v) is 20.3. The summed E-state index contributed by atoms with van der Waals surface area (Å²) in [6, 6.07) is 56.2. The molecular weight excluding hydrogens is 641 g/mol. The van der Waals surface area contributed by atoms with Crippen molar-refractivity contribution in [2.24, 2.45) is 0 Å². The van der Waals surface area contributed by atoms with Gasteiger partial charge in [0.25, 0.3) is 0 Å². The van der Waals surface area contributed by atoms with Crippen molar-refractivity contribution in [3.05, 3.63) is 202 Å². The van der Waals surface area contributed by atoms with E-state index in [1.807, 2.05) is 12.3 Å². The maximum absolute atomic E-state index is 4.84. The van der Waals surface area contributed by atoms with E-state index in [1.54, 1.807) is 0 Å². The number of hydrogen-bond donors (Lipinski definition) is 1. The Morgan fingerprint density at radius 2 is 0.906 bits per heavy atom. The number of benzene rings is 5. The molecule has 1 heterocycles. The van der Waals surface area contributed by atoms with E-state index in [2.05, 4.69) is 158 Å². The van der Waals surface area contributed by atoms with Gasteiger partial charge in [0.05, 0.1) is 11.7 Å². The van der Waals surface area contributed by atoms with Crippen molar-refractivity contribution in [3.8, 4) is 0 Å². The van der Waals surface area contributed by atoms with Gasteiger partial charge in [-0.15, -0.1) is 0 Å². The highest BCUT2D eigenvalue weighted by Gasteiger charge is 2.29. The van der Waals surface area contributed by atoms with Crippen LogP contribution in [0, 0.1) is 0 Å². The highest BCUT2D eigenvalue weighted by molar-refractivity contribution is 5.67. The molecule has 0 amide bonds. The lowest BCUT2D eigenvalue weighted by molar-refractivity contribution is 0.467. The standard InChI is InChI=1S/C51H56N2/c1-39(48-35-23-24-36-52-48)53-51-46(40-25-13-7-5-3-2-4-6-8-14-26-40)37-45(49(41-27-15-9-16-28-41)42-29-17-10-18-30-42)38-47(51)50(43-31-19-11-20-32-43)44-33-21-12-22-34-44/h9-12,15-24,27-40,49-50,53H,2-8,13-14,25-26H2,1H3. The molecule has 53 heavy (non-hydrogen) atoms. The highest BCUT2D eigenvalue weighted by Crippen LogP contribution is 2.46. The van der Waals surface area contributed by atoms with Gasteiger partial charge < -0.3 is 5.32 Å². The van der Waals surface area contributed by atoms with Crippen molar-refractivity contribution >= 4 is 5.69 Å². The van der Waals surface area contributed by atoms with Crippen LogP contribution in [0.1, 0.15) is 146 Å². The first kappa shape index (κ1) is 36.4. The summed E-state index contributed by atoms with van der Waals surface area (Å²) in [5.41, 5.74) is 11.8. The van der Waals surface area contributed by atoms with Crippen molar-refractivity contribution in [2.45, 2.75) is 101 Å². The monoisotopic (exact) mass is 696 g/mol. The Balaban J connectivity index is 1.50. The van der Waals surface area contributed by atoms with Gasteiger partial charge in [0.1, 0.15) is 0 Å². The summed E-state index contributed by atoms with van der Waals surface area (Å²) >= 11 is 0. The molecule has 1 saturated carbocycles. The highest BCUT2D eigenvalue weighted by atomic mass is 14.9. The molecular formula is C51H56N2. The predicted octanol–water partition coefficient (Wildman–Crippen LogP) is 14.0. The molecule has 2 heteroatoms. The molecule has 2 nitrogen and oxygen atoms in total. The fourth-order valence-corrected chi connectivity index (χ4v) is 8.70. The molecule has 0 bridgehead atoms. The molecule has 0 aliphatic heterocycles. The summed E-state index contributed by atoms with van der Waals surface area (Å²) in [7, 11) is 0. The fourth-order valence-electron chi connectivity index (χ4n) is 8.70. The molecule has 1 unspecified atom stereocenters. The first-order chi connectivity index (χ1) is 26.3. The van der Waals surface area contributed by atoms with Crippen LogP contribution in [-0.2, 0) is 0 Å². The molecule has 1 N–H and O–H groups in total. The Labute approximate surface area is 318 Å². The lowest BCUT2D eigenvalue weighted by Gasteiger charge is -2.32. The Kier molecular flexibility index (Phi) is 12.8. The van der Waals surface area contributed by atoms with Gasteiger partial charge in [0.2, 0.25) is 0 Å². The third-order valence-electron chi connectivity index (χ3n) is 11.4. The van der Waals surface area contributed by atoms with E-state index in [0.29, 0.717) is 5.92 Å². The molecule has 270 valence electrons. The molecule has 1 aliphatic rings. The van der Waals surface area contributed by atoms with Crippen LogP contribution in [-0.4, -0.2) is 4.98 Å². The Morgan fingerprint density at radius 1 is 0.472 bits per heavy atom. The summed E-state index contributed by atoms with van der Waals surface area (Å²) in [6.07, 6.45) is 16.4. The minimum Gasteiger partial charge on any atom is -0.376 e. The molecule has 0 spiro atoms. The summed E-state index contributed by atoms with van der Waals surface area (Å²) in [4.78, 5) is 4.84. The van der Waals surface area contributed by atoms with E-state index in [-0.39, 0.29) is 17.9 Å². The average Bonchev–Trinajstić information content (AvgIpc) is 3.21. The smallest absolute Gasteiger partial charge is 0.0657 e. The summed E-state index contributed by atoms with van der Waals surface area (Å²) in [5.74, 6) is 0.620. The zero-order chi connectivity index (χ0) is 36.1. The fraction of sp³-hybridized carbons (Fsp3) is 0.314. The van der Waals surface area contributed by atoms with Crippen molar-refractivity contribution in [1.82, 2.24) is 4.98 Å². The van der Waals surface area contributed by atoms with Gasteiger partial charge in [-0.05, 0) is 76.8 Å². The van der Waals surface area contributed by atoms with Gasteiger partial charge >= 0.3 is 0 Å². The molecule has 1 atom stereocenters. The van der Waals surface area contributed by atoms with Gasteiger partial charge in [-0.25, -0.2) is 0 Å². The van der Waals surface area contributed by atoms with Crippen LogP contribution in [0.3, 0.4) is 0 Å². The second kappa shape index (κ2) is 18.7. The maximum atomic E-state index is 4.84. The number of pyridine rings is 1. The summed E-state index contributed by atoms with van der Waals surface area (Å²) in [5, 5.41) is 4.18. The van der Waals surface area contributed by atoms with Crippen LogP contribution in [0.15, 0.2) is 158 Å². The van der Waals surface area contributed by atoms with Crippen LogP contribution in [0.4, 0.5) is 5.69 Å². The molecule has 5 aromatic carbocycles. The van der Waals surface area contributed by atoms with E-state index in [9.17, 15) is 0 Å². The number of aromatic nitrogens is 1. The minimum atomic E-state index is 0.0389. The second-order valence-corrected chi connectivity index (χ2v) is 15.2. The first-order valence-electron chi connectivity index (χ1n) is 20.3. The van der Waals surface area contributed by atoms with Crippen LogP contribution < -0.4 is 5.32 Å². The number of hydrogen-bond acceptors (Lipinski definition) is 2. The van der Waals surface area contributed by atoms with E-state index < -0.39 is 0 Å². The number of rotatable bonds is 10. The minimum absolute atomic E-state index is 0.0389. The molecule has 0 saturated heterocycles. The number of nitrogens with zero attached hydrogens (tertiary/aromatic N) is 1. The van der Waals surface area contributed by atoms with Crippen LogP contribution in [0.25, 0.3) is 0 Å². The average molecular weight is 697 g/mol. The van der Waals surface area contributed by atoms with Crippen LogP contribution in [0.5, 0.6) is 0 Å². The van der Waals surface area contributed by atoms with E-state index in [0.717, 1.165) is 5.69 Å². The maximum Gasteiger partial charge on any atom is 0.0657 e. The van der Waals surface area contributed by atoms with Crippen LogP contribution >= 0.6 is 0 Å². The number of anilines is 1. The zero-order valence-electron chi connectivity index (χ0n) is 31.5. The SMILES string of the molecule is CC(Nc1c(C2CCCCCCCCCCC2)cc(C(c2ccccc2)c2ccccc2)cc1C(c1ccccc1)c1ccccc1)c1ccccn1. The van der Waals surface area contributed by atoms with Gasteiger partial charge in [-0.1, -0.05) is 197 Å². The zero-order valence-corrected chi connectivity index (χ0v) is 31.5.